The van der Waals surface area contributed by atoms with E-state index in [1.54, 1.807) is 7.11 Å². The Morgan fingerprint density at radius 1 is 1.24 bits per heavy atom. The summed E-state index contributed by atoms with van der Waals surface area (Å²) in [6.45, 7) is 10.6. The van der Waals surface area contributed by atoms with Crippen LogP contribution in [0, 0.1) is 5.92 Å². The molecule has 1 aliphatic heterocycles. The lowest BCUT2D eigenvalue weighted by Gasteiger charge is -2.49. The molecule has 2 aliphatic rings. The maximum absolute atomic E-state index is 5.79. The Morgan fingerprint density at radius 2 is 2.05 bits per heavy atom. The molecule has 2 fully saturated rings. The molecular weight excluding hydrogens is 264 g/mol. The Bertz CT molecular complexity index is 297. The molecule has 0 amide bonds. The van der Waals surface area contributed by atoms with Gasteiger partial charge in [-0.1, -0.05) is 13.3 Å². The minimum Gasteiger partial charge on any atom is -0.385 e. The number of nitrogens with zero attached hydrogens (tertiary/aromatic N) is 1. The standard InChI is InChI=1S/C17H34N2O2/c1-4-6-16-13-19(9-12-21-11-5-10-20-3)17(2,14-18-16)15-7-8-15/h15-16,18H,4-14H2,1-3H3. The average molecular weight is 298 g/mol. The van der Waals surface area contributed by atoms with Crippen molar-refractivity contribution in [3.8, 4) is 0 Å². The highest BCUT2D eigenvalue weighted by Crippen LogP contribution is 2.44. The Kier molecular flexibility index (Phi) is 6.93. The number of hydrogen-bond donors (Lipinski definition) is 1. The first-order valence-electron chi connectivity index (χ1n) is 8.75. The molecule has 1 aliphatic carbocycles. The van der Waals surface area contributed by atoms with Gasteiger partial charge in [0.25, 0.3) is 0 Å². The van der Waals surface area contributed by atoms with Crippen LogP contribution >= 0.6 is 0 Å². The predicted octanol–water partition coefficient (Wildman–Crippen LogP) is 2.28. The van der Waals surface area contributed by atoms with Crippen molar-refractivity contribution in [3.05, 3.63) is 0 Å². The maximum Gasteiger partial charge on any atom is 0.0593 e. The number of nitrogens with one attached hydrogen (secondary N) is 1. The maximum atomic E-state index is 5.79. The number of hydrogen-bond acceptors (Lipinski definition) is 4. The molecule has 1 saturated carbocycles. The van der Waals surface area contributed by atoms with Crippen LogP contribution in [0.1, 0.15) is 46.0 Å². The molecule has 0 spiro atoms. The van der Waals surface area contributed by atoms with Crippen LogP contribution in [0.15, 0.2) is 0 Å². The van der Waals surface area contributed by atoms with Crippen molar-refractivity contribution >= 4 is 0 Å². The Hall–Kier alpha value is -0.160. The second-order valence-electron chi connectivity index (χ2n) is 6.90. The molecule has 4 nitrogen and oxygen atoms in total. The lowest BCUT2D eigenvalue weighted by Crippen LogP contribution is -2.64. The normalized spacial score (nSPS) is 30.7. The first-order valence-corrected chi connectivity index (χ1v) is 8.75. The Balaban J connectivity index is 1.76. The lowest BCUT2D eigenvalue weighted by atomic mass is 9.89. The Labute approximate surface area is 130 Å². The first-order chi connectivity index (χ1) is 10.2. The van der Waals surface area contributed by atoms with E-state index in [0.29, 0.717) is 11.6 Å². The van der Waals surface area contributed by atoms with Crippen molar-refractivity contribution in [2.24, 2.45) is 5.92 Å². The van der Waals surface area contributed by atoms with Crippen molar-refractivity contribution in [3.63, 3.8) is 0 Å². The Morgan fingerprint density at radius 3 is 2.71 bits per heavy atom. The molecule has 2 atom stereocenters. The van der Waals surface area contributed by atoms with Crippen molar-refractivity contribution < 1.29 is 9.47 Å². The van der Waals surface area contributed by atoms with Crippen LogP contribution in [-0.4, -0.2) is 63.0 Å². The number of methoxy groups -OCH3 is 1. The summed E-state index contributed by atoms with van der Waals surface area (Å²) in [5, 5.41) is 3.78. The van der Waals surface area contributed by atoms with Gasteiger partial charge in [0.2, 0.25) is 0 Å². The number of rotatable bonds is 10. The molecule has 2 unspecified atom stereocenters. The van der Waals surface area contributed by atoms with Crippen LogP contribution in [0.3, 0.4) is 0 Å². The molecule has 1 saturated heterocycles. The van der Waals surface area contributed by atoms with Gasteiger partial charge in [0.1, 0.15) is 0 Å². The first kappa shape index (κ1) is 17.2. The van der Waals surface area contributed by atoms with E-state index in [1.165, 1.54) is 32.2 Å². The highest BCUT2D eigenvalue weighted by Gasteiger charge is 2.47. The molecule has 124 valence electrons. The minimum absolute atomic E-state index is 0.347. The van der Waals surface area contributed by atoms with Crippen molar-refractivity contribution in [2.45, 2.75) is 57.5 Å². The summed E-state index contributed by atoms with van der Waals surface area (Å²) < 4.78 is 10.8. The zero-order valence-electron chi connectivity index (χ0n) is 14.2. The summed E-state index contributed by atoms with van der Waals surface area (Å²) in [5.41, 5.74) is 0.347. The third kappa shape index (κ3) is 4.92. The smallest absolute Gasteiger partial charge is 0.0593 e. The molecule has 0 radical (unpaired) electrons. The number of piperazine rings is 1. The van der Waals surface area contributed by atoms with Crippen LogP contribution in [0.4, 0.5) is 0 Å². The molecule has 0 aromatic carbocycles. The molecule has 1 heterocycles. The summed E-state index contributed by atoms with van der Waals surface area (Å²) in [6.07, 6.45) is 6.35. The molecule has 0 aromatic heterocycles. The largest absolute Gasteiger partial charge is 0.385 e. The molecule has 21 heavy (non-hydrogen) atoms. The lowest BCUT2D eigenvalue weighted by molar-refractivity contribution is 0.00345. The summed E-state index contributed by atoms with van der Waals surface area (Å²) in [5.74, 6) is 0.890. The zero-order chi connectivity index (χ0) is 15.1. The SMILES string of the molecule is CCCC1CN(CCOCCCOC)C(C)(C2CC2)CN1. The van der Waals surface area contributed by atoms with Crippen LogP contribution in [0.2, 0.25) is 0 Å². The van der Waals surface area contributed by atoms with Crippen LogP contribution in [-0.2, 0) is 9.47 Å². The fraction of sp³-hybridized carbons (Fsp3) is 1.00. The van der Waals surface area contributed by atoms with Gasteiger partial charge >= 0.3 is 0 Å². The van der Waals surface area contributed by atoms with E-state index >= 15 is 0 Å². The third-order valence-corrected chi connectivity index (χ3v) is 5.15. The summed E-state index contributed by atoms with van der Waals surface area (Å²) >= 11 is 0. The molecule has 0 bridgehead atoms. The molecule has 0 aromatic rings. The van der Waals surface area contributed by atoms with Gasteiger partial charge in [-0.3, -0.25) is 4.90 Å². The molecular formula is C17H34N2O2. The van der Waals surface area contributed by atoms with Gasteiger partial charge in [0.05, 0.1) is 6.61 Å². The van der Waals surface area contributed by atoms with E-state index in [9.17, 15) is 0 Å². The fourth-order valence-corrected chi connectivity index (χ4v) is 3.58. The van der Waals surface area contributed by atoms with E-state index in [0.717, 1.165) is 45.2 Å². The van der Waals surface area contributed by atoms with Crippen LogP contribution < -0.4 is 5.32 Å². The van der Waals surface area contributed by atoms with Crippen molar-refractivity contribution in [1.29, 1.82) is 0 Å². The van der Waals surface area contributed by atoms with Crippen molar-refractivity contribution in [1.82, 2.24) is 10.2 Å². The van der Waals surface area contributed by atoms with Gasteiger partial charge in [-0.05, 0) is 38.5 Å². The monoisotopic (exact) mass is 298 g/mol. The van der Waals surface area contributed by atoms with Gasteiger partial charge in [0.15, 0.2) is 0 Å². The third-order valence-electron chi connectivity index (χ3n) is 5.15. The second kappa shape index (κ2) is 8.47. The summed E-state index contributed by atoms with van der Waals surface area (Å²) in [4.78, 5) is 2.71. The molecule has 4 heteroatoms. The van der Waals surface area contributed by atoms with Gasteiger partial charge in [-0.2, -0.15) is 0 Å². The topological polar surface area (TPSA) is 33.7 Å². The summed E-state index contributed by atoms with van der Waals surface area (Å²) in [6, 6.07) is 0.662. The van der Waals surface area contributed by atoms with Crippen molar-refractivity contribution in [2.75, 3.05) is 46.6 Å². The van der Waals surface area contributed by atoms with E-state index in [1.807, 2.05) is 0 Å². The van der Waals surface area contributed by atoms with Gasteiger partial charge in [-0.15, -0.1) is 0 Å². The van der Waals surface area contributed by atoms with E-state index in [-0.39, 0.29) is 0 Å². The second-order valence-corrected chi connectivity index (χ2v) is 6.90. The average Bonchev–Trinajstić information content (AvgIpc) is 3.31. The van der Waals surface area contributed by atoms with Gasteiger partial charge in [0, 0.05) is 51.5 Å². The van der Waals surface area contributed by atoms with E-state index in [2.05, 4.69) is 24.1 Å². The van der Waals surface area contributed by atoms with E-state index in [4.69, 9.17) is 9.47 Å². The highest BCUT2D eigenvalue weighted by atomic mass is 16.5. The fourth-order valence-electron chi connectivity index (χ4n) is 3.58. The van der Waals surface area contributed by atoms with E-state index < -0.39 is 0 Å². The zero-order valence-corrected chi connectivity index (χ0v) is 14.2. The molecule has 1 N–H and O–H groups in total. The van der Waals surface area contributed by atoms with Crippen LogP contribution in [0.5, 0.6) is 0 Å². The number of ether oxygens (including phenoxy) is 2. The quantitative estimate of drug-likeness (QED) is 0.627. The van der Waals surface area contributed by atoms with Gasteiger partial charge in [-0.25, -0.2) is 0 Å². The summed E-state index contributed by atoms with van der Waals surface area (Å²) in [7, 11) is 1.75. The van der Waals surface area contributed by atoms with Gasteiger partial charge < -0.3 is 14.8 Å². The molecule has 2 rings (SSSR count). The minimum atomic E-state index is 0.347. The highest BCUT2D eigenvalue weighted by molar-refractivity contribution is 5.04. The van der Waals surface area contributed by atoms with Crippen LogP contribution in [0.25, 0.3) is 0 Å². The predicted molar refractivity (Wildman–Crippen MR) is 86.7 cm³/mol.